The minimum Gasteiger partial charge on any atom is -0.507 e. The second-order valence-electron chi connectivity index (χ2n) is 8.88. The highest BCUT2D eigenvalue weighted by Gasteiger charge is 2.47. The number of hydrogen-bond acceptors (Lipinski definition) is 7. The van der Waals surface area contributed by atoms with E-state index in [4.69, 9.17) is 9.47 Å². The standard InChI is InChI=1S/C29H28N2O6/c1-17-15-19(11-14-23(17)36-4)26(32)24-25(18-9-12-21(13-10-18)30(2)3)31(28(34)27(24)33)22-8-6-7-20(16-22)29(35)37-5/h6-16,25,32H,1-5H3/b26-24+. The molecule has 1 amide bonds. The van der Waals surface area contributed by atoms with Crippen LogP contribution in [-0.4, -0.2) is 51.1 Å². The highest BCUT2D eigenvalue weighted by atomic mass is 16.5. The van der Waals surface area contributed by atoms with Crippen LogP contribution in [0.3, 0.4) is 0 Å². The van der Waals surface area contributed by atoms with Gasteiger partial charge in [-0.2, -0.15) is 0 Å². The number of methoxy groups -OCH3 is 2. The number of carbonyl (C=O) groups excluding carboxylic acids is 3. The zero-order chi connectivity index (χ0) is 26.9. The first-order valence-electron chi connectivity index (χ1n) is 11.6. The Morgan fingerprint density at radius 3 is 2.24 bits per heavy atom. The summed E-state index contributed by atoms with van der Waals surface area (Å²) in [4.78, 5) is 42.2. The molecule has 1 aliphatic rings. The Balaban J connectivity index is 1.93. The van der Waals surface area contributed by atoms with Crippen LogP contribution < -0.4 is 14.5 Å². The molecule has 1 fully saturated rings. The molecule has 190 valence electrons. The van der Waals surface area contributed by atoms with Crippen LogP contribution in [0.5, 0.6) is 5.75 Å². The molecule has 3 aromatic rings. The van der Waals surface area contributed by atoms with Crippen molar-refractivity contribution in [2.75, 3.05) is 38.1 Å². The second-order valence-corrected chi connectivity index (χ2v) is 8.88. The number of nitrogens with zero attached hydrogens (tertiary/aromatic N) is 2. The van der Waals surface area contributed by atoms with Crippen LogP contribution in [0.25, 0.3) is 5.76 Å². The summed E-state index contributed by atoms with van der Waals surface area (Å²) >= 11 is 0. The molecule has 4 rings (SSSR count). The summed E-state index contributed by atoms with van der Waals surface area (Å²) < 4.78 is 10.1. The largest absolute Gasteiger partial charge is 0.507 e. The monoisotopic (exact) mass is 500 g/mol. The maximum absolute atomic E-state index is 13.4. The van der Waals surface area contributed by atoms with Gasteiger partial charge in [-0.05, 0) is 66.6 Å². The summed E-state index contributed by atoms with van der Waals surface area (Å²) in [5, 5.41) is 11.4. The van der Waals surface area contributed by atoms with Crippen molar-refractivity contribution >= 4 is 34.8 Å². The van der Waals surface area contributed by atoms with Crippen molar-refractivity contribution in [3.8, 4) is 5.75 Å². The zero-order valence-electron chi connectivity index (χ0n) is 21.3. The van der Waals surface area contributed by atoms with E-state index in [1.54, 1.807) is 43.5 Å². The molecule has 8 nitrogen and oxygen atoms in total. The van der Waals surface area contributed by atoms with E-state index in [1.807, 2.05) is 50.2 Å². The summed E-state index contributed by atoms with van der Waals surface area (Å²) in [6.45, 7) is 1.82. The molecule has 3 aromatic carbocycles. The van der Waals surface area contributed by atoms with Crippen molar-refractivity contribution in [2.24, 2.45) is 0 Å². The fourth-order valence-electron chi connectivity index (χ4n) is 4.45. The SMILES string of the molecule is COC(=O)c1cccc(N2C(=O)C(=O)/C(=C(/O)c3ccc(OC)c(C)c3)C2c2ccc(N(C)C)cc2)c1. The third kappa shape index (κ3) is 4.65. The van der Waals surface area contributed by atoms with Crippen LogP contribution in [0, 0.1) is 6.92 Å². The summed E-state index contributed by atoms with van der Waals surface area (Å²) in [5.41, 5.74) is 3.22. The van der Waals surface area contributed by atoms with E-state index in [0.717, 1.165) is 11.3 Å². The number of Topliss-reactive ketones (excluding diaryl/α,β-unsaturated/α-hetero) is 1. The molecular formula is C29H28N2O6. The zero-order valence-corrected chi connectivity index (χ0v) is 21.3. The Bertz CT molecular complexity index is 1410. The van der Waals surface area contributed by atoms with Crippen molar-refractivity contribution in [1.82, 2.24) is 0 Å². The minimum absolute atomic E-state index is 0.0457. The van der Waals surface area contributed by atoms with Crippen molar-refractivity contribution in [2.45, 2.75) is 13.0 Å². The van der Waals surface area contributed by atoms with Gasteiger partial charge in [0.25, 0.3) is 11.7 Å². The number of carbonyl (C=O) groups is 3. The van der Waals surface area contributed by atoms with Crippen molar-refractivity contribution in [3.05, 3.63) is 94.6 Å². The maximum atomic E-state index is 13.4. The fraction of sp³-hybridized carbons (Fsp3) is 0.207. The van der Waals surface area contributed by atoms with Crippen LogP contribution in [0.2, 0.25) is 0 Å². The van der Waals surface area contributed by atoms with Crippen LogP contribution >= 0.6 is 0 Å². The highest BCUT2D eigenvalue weighted by molar-refractivity contribution is 6.51. The van der Waals surface area contributed by atoms with E-state index < -0.39 is 23.7 Å². The summed E-state index contributed by atoms with van der Waals surface area (Å²) in [6.07, 6.45) is 0. The second kappa shape index (κ2) is 10.2. The Morgan fingerprint density at radius 2 is 1.65 bits per heavy atom. The van der Waals surface area contributed by atoms with E-state index in [2.05, 4.69) is 0 Å². The molecule has 1 heterocycles. The van der Waals surface area contributed by atoms with Crippen LogP contribution in [-0.2, 0) is 14.3 Å². The summed E-state index contributed by atoms with van der Waals surface area (Å²) in [5.74, 6) is -1.87. The van der Waals surface area contributed by atoms with Crippen molar-refractivity contribution < 1.29 is 29.0 Å². The highest BCUT2D eigenvalue weighted by Crippen LogP contribution is 2.43. The van der Waals surface area contributed by atoms with E-state index in [-0.39, 0.29) is 16.9 Å². The number of aliphatic hydroxyl groups is 1. The van der Waals surface area contributed by atoms with Gasteiger partial charge in [-0.25, -0.2) is 4.79 Å². The average molecular weight is 501 g/mol. The molecule has 1 atom stereocenters. The number of hydrogen-bond donors (Lipinski definition) is 1. The molecule has 1 aliphatic heterocycles. The van der Waals surface area contributed by atoms with Gasteiger partial charge in [-0.3, -0.25) is 14.5 Å². The number of esters is 1. The molecule has 0 radical (unpaired) electrons. The van der Waals surface area contributed by atoms with Gasteiger partial charge >= 0.3 is 5.97 Å². The van der Waals surface area contributed by atoms with Crippen molar-refractivity contribution in [3.63, 3.8) is 0 Å². The first kappa shape index (κ1) is 25.5. The van der Waals surface area contributed by atoms with Crippen LogP contribution in [0.15, 0.2) is 72.3 Å². The molecule has 8 heteroatoms. The molecule has 0 saturated carbocycles. The lowest BCUT2D eigenvalue weighted by molar-refractivity contribution is -0.132. The van der Waals surface area contributed by atoms with Gasteiger partial charge in [-0.15, -0.1) is 0 Å². The predicted molar refractivity (Wildman–Crippen MR) is 141 cm³/mol. The molecule has 0 aromatic heterocycles. The smallest absolute Gasteiger partial charge is 0.337 e. The molecule has 0 aliphatic carbocycles. The Hall–Kier alpha value is -4.59. The normalized spacial score (nSPS) is 16.6. The number of amides is 1. The predicted octanol–water partition coefficient (Wildman–Crippen LogP) is 4.48. The van der Waals surface area contributed by atoms with Crippen molar-refractivity contribution in [1.29, 1.82) is 0 Å². The third-order valence-electron chi connectivity index (χ3n) is 6.38. The third-order valence-corrected chi connectivity index (χ3v) is 6.38. The number of benzene rings is 3. The quantitative estimate of drug-likeness (QED) is 0.231. The van der Waals surface area contributed by atoms with Gasteiger partial charge in [0.05, 0.1) is 31.4 Å². The number of ketones is 1. The number of anilines is 2. The fourth-order valence-corrected chi connectivity index (χ4v) is 4.45. The average Bonchev–Trinajstić information content (AvgIpc) is 3.17. The topological polar surface area (TPSA) is 96.4 Å². The van der Waals surface area contributed by atoms with Gasteiger partial charge in [-0.1, -0.05) is 18.2 Å². The van der Waals surface area contributed by atoms with Gasteiger partial charge in [0.1, 0.15) is 11.5 Å². The molecule has 1 N–H and O–H groups in total. The van der Waals surface area contributed by atoms with E-state index >= 15 is 0 Å². The minimum atomic E-state index is -0.925. The first-order chi connectivity index (χ1) is 17.7. The molecule has 0 spiro atoms. The first-order valence-corrected chi connectivity index (χ1v) is 11.6. The lowest BCUT2D eigenvalue weighted by Crippen LogP contribution is -2.29. The van der Waals surface area contributed by atoms with E-state index in [9.17, 15) is 19.5 Å². The summed E-state index contributed by atoms with van der Waals surface area (Å²) in [6, 6.07) is 17.8. The molecule has 1 saturated heterocycles. The number of ether oxygens (including phenoxy) is 2. The van der Waals surface area contributed by atoms with Gasteiger partial charge in [0.2, 0.25) is 0 Å². The molecule has 37 heavy (non-hydrogen) atoms. The Kier molecular flexibility index (Phi) is 7.02. The van der Waals surface area contributed by atoms with Gasteiger partial charge in [0, 0.05) is 31.0 Å². The maximum Gasteiger partial charge on any atom is 0.337 e. The summed E-state index contributed by atoms with van der Waals surface area (Å²) in [7, 11) is 6.63. The van der Waals surface area contributed by atoms with E-state index in [1.165, 1.54) is 18.1 Å². The lowest BCUT2D eigenvalue weighted by Gasteiger charge is -2.26. The van der Waals surface area contributed by atoms with Crippen LogP contribution in [0.1, 0.15) is 33.1 Å². The number of aliphatic hydroxyl groups excluding tert-OH is 1. The van der Waals surface area contributed by atoms with Gasteiger partial charge in [0.15, 0.2) is 0 Å². The molecule has 1 unspecified atom stereocenters. The number of aryl methyl sites for hydroxylation is 1. The Labute approximate surface area is 215 Å². The number of rotatable bonds is 6. The lowest BCUT2D eigenvalue weighted by atomic mass is 9.94. The van der Waals surface area contributed by atoms with Crippen LogP contribution in [0.4, 0.5) is 11.4 Å². The molecular weight excluding hydrogens is 472 g/mol. The molecule has 0 bridgehead atoms. The Morgan fingerprint density at radius 1 is 0.946 bits per heavy atom. The van der Waals surface area contributed by atoms with Gasteiger partial charge < -0.3 is 19.5 Å². The van der Waals surface area contributed by atoms with E-state index in [0.29, 0.717) is 22.6 Å².